The number of imidazole rings is 1. The number of rotatable bonds is 11. The standard InChI is InChI=1S/C19H30N6O5S/c1-11(19(29)30)23-17(27)15-4-3-6-25(15)18(28)14(8-12-9-21-10-22-12)24-16(26)13(20)5-7-31-2/h9-11,13-15H,3-8,20H2,1-2H3,(H,21,22)(H,23,27)(H,24,26)(H,29,30). The lowest BCUT2D eigenvalue weighted by Gasteiger charge is -2.29. The molecule has 0 spiro atoms. The van der Waals surface area contributed by atoms with E-state index in [-0.39, 0.29) is 6.42 Å². The monoisotopic (exact) mass is 454 g/mol. The lowest BCUT2D eigenvalue weighted by Crippen LogP contribution is -2.57. The molecule has 0 radical (unpaired) electrons. The summed E-state index contributed by atoms with van der Waals surface area (Å²) in [6.07, 6.45) is 6.60. The number of aromatic amines is 1. The van der Waals surface area contributed by atoms with E-state index in [0.29, 0.717) is 37.3 Å². The van der Waals surface area contributed by atoms with Gasteiger partial charge in [-0.05, 0) is 38.2 Å². The van der Waals surface area contributed by atoms with Gasteiger partial charge in [-0.15, -0.1) is 0 Å². The van der Waals surface area contributed by atoms with Crippen molar-refractivity contribution >= 4 is 35.5 Å². The van der Waals surface area contributed by atoms with E-state index in [1.807, 2.05) is 6.26 Å². The highest BCUT2D eigenvalue weighted by Crippen LogP contribution is 2.20. The lowest BCUT2D eigenvalue weighted by atomic mass is 10.1. The van der Waals surface area contributed by atoms with Crippen molar-refractivity contribution in [1.29, 1.82) is 0 Å². The van der Waals surface area contributed by atoms with Gasteiger partial charge in [0, 0.05) is 24.9 Å². The van der Waals surface area contributed by atoms with Gasteiger partial charge < -0.3 is 31.4 Å². The topological polar surface area (TPSA) is 171 Å². The first kappa shape index (κ1) is 24.7. The van der Waals surface area contributed by atoms with Crippen LogP contribution in [-0.2, 0) is 25.6 Å². The fraction of sp³-hybridized carbons (Fsp3) is 0.632. The van der Waals surface area contributed by atoms with Crippen LogP contribution in [-0.4, -0.2) is 86.4 Å². The van der Waals surface area contributed by atoms with E-state index in [1.54, 1.807) is 18.0 Å². The van der Waals surface area contributed by atoms with Crippen molar-refractivity contribution in [1.82, 2.24) is 25.5 Å². The zero-order chi connectivity index (χ0) is 23.0. The van der Waals surface area contributed by atoms with Gasteiger partial charge in [0.25, 0.3) is 0 Å². The van der Waals surface area contributed by atoms with Gasteiger partial charge in [-0.2, -0.15) is 11.8 Å². The summed E-state index contributed by atoms with van der Waals surface area (Å²) >= 11 is 1.57. The van der Waals surface area contributed by atoms with Crippen molar-refractivity contribution in [3.63, 3.8) is 0 Å². The molecule has 4 unspecified atom stereocenters. The Bertz CT molecular complexity index is 774. The summed E-state index contributed by atoms with van der Waals surface area (Å²) in [4.78, 5) is 57.7. The van der Waals surface area contributed by atoms with Crippen LogP contribution in [0.3, 0.4) is 0 Å². The second kappa shape index (κ2) is 11.7. The largest absolute Gasteiger partial charge is 0.480 e. The number of nitrogens with two attached hydrogens (primary N) is 1. The van der Waals surface area contributed by atoms with Crippen LogP contribution < -0.4 is 16.4 Å². The third-order valence-electron chi connectivity index (χ3n) is 5.13. The predicted molar refractivity (Wildman–Crippen MR) is 115 cm³/mol. The zero-order valence-electron chi connectivity index (χ0n) is 17.7. The van der Waals surface area contributed by atoms with Crippen LogP contribution in [0.5, 0.6) is 0 Å². The molecule has 2 heterocycles. The molecule has 1 fully saturated rings. The molecular formula is C19H30N6O5S. The number of aliphatic carboxylic acids is 1. The molecule has 1 aromatic heterocycles. The van der Waals surface area contributed by atoms with Gasteiger partial charge in [0.15, 0.2) is 0 Å². The number of thioether (sulfide) groups is 1. The number of aromatic nitrogens is 2. The predicted octanol–water partition coefficient (Wildman–Crippen LogP) is -0.902. The first-order chi connectivity index (χ1) is 14.7. The minimum absolute atomic E-state index is 0.163. The Kier molecular flexibility index (Phi) is 9.31. The Morgan fingerprint density at radius 2 is 2.13 bits per heavy atom. The number of carboxylic acid groups (broad SMARTS) is 1. The second-order valence-electron chi connectivity index (χ2n) is 7.49. The average molecular weight is 455 g/mol. The third kappa shape index (κ3) is 6.96. The molecule has 0 bridgehead atoms. The molecule has 31 heavy (non-hydrogen) atoms. The minimum atomic E-state index is -1.16. The van der Waals surface area contributed by atoms with Gasteiger partial charge >= 0.3 is 5.97 Å². The smallest absolute Gasteiger partial charge is 0.325 e. The van der Waals surface area contributed by atoms with Gasteiger partial charge in [0.05, 0.1) is 12.4 Å². The Morgan fingerprint density at radius 3 is 2.74 bits per heavy atom. The van der Waals surface area contributed by atoms with Gasteiger partial charge in [0.2, 0.25) is 17.7 Å². The number of amides is 3. The maximum absolute atomic E-state index is 13.3. The first-order valence-electron chi connectivity index (χ1n) is 10.1. The van der Waals surface area contributed by atoms with E-state index in [2.05, 4.69) is 20.6 Å². The number of carbonyl (C=O) groups is 4. The highest BCUT2D eigenvalue weighted by molar-refractivity contribution is 7.98. The van der Waals surface area contributed by atoms with Crippen LogP contribution in [0.15, 0.2) is 12.5 Å². The summed E-state index contributed by atoms with van der Waals surface area (Å²) in [7, 11) is 0. The van der Waals surface area contributed by atoms with Gasteiger partial charge in [-0.3, -0.25) is 19.2 Å². The summed E-state index contributed by atoms with van der Waals surface area (Å²) in [5.41, 5.74) is 6.60. The number of hydrogen-bond donors (Lipinski definition) is 5. The minimum Gasteiger partial charge on any atom is -0.480 e. The fourth-order valence-corrected chi connectivity index (χ4v) is 3.84. The van der Waals surface area contributed by atoms with Crippen LogP contribution in [0.4, 0.5) is 0 Å². The Labute approximate surface area is 184 Å². The van der Waals surface area contributed by atoms with Crippen molar-refractivity contribution in [3.8, 4) is 0 Å². The molecule has 12 heteroatoms. The Hall–Kier alpha value is -2.60. The van der Waals surface area contributed by atoms with E-state index in [4.69, 9.17) is 10.8 Å². The van der Waals surface area contributed by atoms with Crippen LogP contribution in [0, 0.1) is 0 Å². The molecular weight excluding hydrogens is 424 g/mol. The Morgan fingerprint density at radius 1 is 1.39 bits per heavy atom. The van der Waals surface area contributed by atoms with Gasteiger partial charge in [-0.1, -0.05) is 0 Å². The van der Waals surface area contributed by atoms with Crippen molar-refractivity contribution in [2.45, 2.75) is 56.8 Å². The van der Waals surface area contributed by atoms with E-state index in [1.165, 1.54) is 18.2 Å². The van der Waals surface area contributed by atoms with Crippen LogP contribution in [0.1, 0.15) is 31.9 Å². The summed E-state index contributed by atoms with van der Waals surface area (Å²) in [6.45, 7) is 1.70. The number of nitrogens with zero attached hydrogens (tertiary/aromatic N) is 2. The summed E-state index contributed by atoms with van der Waals surface area (Å²) in [5, 5.41) is 14.2. The molecule has 0 saturated carbocycles. The van der Waals surface area contributed by atoms with Crippen LogP contribution in [0.2, 0.25) is 0 Å². The molecule has 1 saturated heterocycles. The lowest BCUT2D eigenvalue weighted by molar-refractivity contribution is -0.144. The normalized spacial score (nSPS) is 18.8. The molecule has 3 amide bonds. The van der Waals surface area contributed by atoms with Gasteiger partial charge in [-0.25, -0.2) is 4.98 Å². The summed E-state index contributed by atoms with van der Waals surface area (Å²) < 4.78 is 0. The highest BCUT2D eigenvalue weighted by Gasteiger charge is 2.38. The van der Waals surface area contributed by atoms with Crippen molar-refractivity contribution in [2.75, 3.05) is 18.6 Å². The first-order valence-corrected chi connectivity index (χ1v) is 11.5. The fourth-order valence-electron chi connectivity index (χ4n) is 3.35. The molecule has 172 valence electrons. The van der Waals surface area contributed by atoms with Gasteiger partial charge in [0.1, 0.15) is 18.1 Å². The number of nitrogens with one attached hydrogen (secondary N) is 3. The maximum Gasteiger partial charge on any atom is 0.325 e. The van der Waals surface area contributed by atoms with Crippen molar-refractivity contribution in [2.24, 2.45) is 5.73 Å². The molecule has 1 aliphatic rings. The second-order valence-corrected chi connectivity index (χ2v) is 8.47. The van der Waals surface area contributed by atoms with Crippen LogP contribution >= 0.6 is 11.8 Å². The third-order valence-corrected chi connectivity index (χ3v) is 5.77. The molecule has 0 aliphatic carbocycles. The maximum atomic E-state index is 13.3. The van der Waals surface area contributed by atoms with E-state index < -0.39 is 47.9 Å². The van der Waals surface area contributed by atoms with Crippen molar-refractivity contribution < 1.29 is 24.3 Å². The number of carbonyl (C=O) groups excluding carboxylic acids is 3. The van der Waals surface area contributed by atoms with E-state index >= 15 is 0 Å². The van der Waals surface area contributed by atoms with Crippen LogP contribution in [0.25, 0.3) is 0 Å². The zero-order valence-corrected chi connectivity index (χ0v) is 18.5. The quantitative estimate of drug-likeness (QED) is 0.286. The molecule has 11 nitrogen and oxygen atoms in total. The molecule has 6 N–H and O–H groups in total. The molecule has 1 aliphatic heterocycles. The summed E-state index contributed by atoms with van der Waals surface area (Å²) in [6, 6.07) is -3.54. The Balaban J connectivity index is 2.13. The number of hydrogen-bond acceptors (Lipinski definition) is 7. The number of H-pyrrole nitrogens is 1. The molecule has 2 rings (SSSR count). The number of likely N-dealkylation sites (tertiary alicyclic amines) is 1. The highest BCUT2D eigenvalue weighted by atomic mass is 32.2. The number of carboxylic acids is 1. The van der Waals surface area contributed by atoms with Crippen molar-refractivity contribution in [3.05, 3.63) is 18.2 Å². The average Bonchev–Trinajstić information content (AvgIpc) is 3.42. The molecule has 1 aromatic rings. The SMILES string of the molecule is CSCCC(N)C(=O)NC(Cc1cnc[nH]1)C(=O)N1CCCC1C(=O)NC(C)C(=O)O. The molecule has 0 aromatic carbocycles. The van der Waals surface area contributed by atoms with E-state index in [0.717, 1.165) is 0 Å². The molecule has 4 atom stereocenters. The van der Waals surface area contributed by atoms with E-state index in [9.17, 15) is 19.2 Å². The summed E-state index contributed by atoms with van der Waals surface area (Å²) in [5.74, 6) is -1.83.